The molecule has 0 aliphatic carbocycles. The van der Waals surface area contributed by atoms with Crippen LogP contribution in [0.5, 0.6) is 0 Å². The number of benzene rings is 1. The summed E-state index contributed by atoms with van der Waals surface area (Å²) in [6.45, 7) is 11.8. The topological polar surface area (TPSA) is 0 Å². The fourth-order valence-electron chi connectivity index (χ4n) is 1.65. The van der Waals surface area contributed by atoms with Gasteiger partial charge in [-0.2, -0.15) is 0 Å². The van der Waals surface area contributed by atoms with E-state index in [2.05, 4.69) is 43.5 Å². The van der Waals surface area contributed by atoms with E-state index in [0.717, 1.165) is 12.0 Å². The molecule has 0 heteroatoms. The largest absolute Gasteiger partial charge is 0.103 e. The van der Waals surface area contributed by atoms with Gasteiger partial charge in [-0.1, -0.05) is 48.6 Å². The van der Waals surface area contributed by atoms with Crippen molar-refractivity contribution < 1.29 is 0 Å². The monoisotopic (exact) mass is 198 g/mol. The Labute approximate surface area is 92.6 Å². The lowest BCUT2D eigenvalue weighted by molar-refractivity contribution is 1.27. The zero-order valence-corrected chi connectivity index (χ0v) is 9.59. The summed E-state index contributed by atoms with van der Waals surface area (Å²) in [7, 11) is 0. The van der Waals surface area contributed by atoms with Crippen LogP contribution in [0.4, 0.5) is 0 Å². The molecule has 15 heavy (non-hydrogen) atoms. The molecule has 0 amide bonds. The van der Waals surface area contributed by atoms with Crippen molar-refractivity contribution in [2.24, 2.45) is 0 Å². The van der Waals surface area contributed by atoms with E-state index in [9.17, 15) is 0 Å². The van der Waals surface area contributed by atoms with Crippen molar-refractivity contribution in [2.45, 2.75) is 20.3 Å². The molecule has 0 bridgehead atoms. The van der Waals surface area contributed by atoms with Crippen LogP contribution in [0.3, 0.4) is 0 Å². The zero-order chi connectivity index (χ0) is 11.3. The van der Waals surface area contributed by atoms with E-state index in [1.807, 2.05) is 19.9 Å². The highest BCUT2D eigenvalue weighted by molar-refractivity contribution is 5.77. The smallest absolute Gasteiger partial charge is 0.0100 e. The third-order valence-electron chi connectivity index (χ3n) is 2.39. The Hall–Kier alpha value is -1.56. The summed E-state index contributed by atoms with van der Waals surface area (Å²) in [6.07, 6.45) is 4.95. The number of allylic oxidation sites excluding steroid dienone is 4. The quantitative estimate of drug-likeness (QED) is 0.497. The van der Waals surface area contributed by atoms with Crippen LogP contribution in [0, 0.1) is 0 Å². The van der Waals surface area contributed by atoms with Gasteiger partial charge in [-0.25, -0.2) is 0 Å². The third kappa shape index (κ3) is 2.95. The van der Waals surface area contributed by atoms with E-state index in [1.54, 1.807) is 0 Å². The van der Waals surface area contributed by atoms with Crippen LogP contribution in [-0.2, 0) is 6.42 Å². The minimum absolute atomic E-state index is 0.929. The minimum atomic E-state index is 0.929. The summed E-state index contributed by atoms with van der Waals surface area (Å²) < 4.78 is 0. The molecule has 1 aromatic carbocycles. The van der Waals surface area contributed by atoms with Crippen molar-refractivity contribution >= 4 is 5.57 Å². The molecule has 0 N–H and O–H groups in total. The standard InChI is InChI=1S/C15H18/c1-5-7-13-8-10-14(11-9-13)15(6-2)12(3)4/h5-6,8-11H,1,3,7H2,2,4H3/b15-6+. The second-order valence-corrected chi connectivity index (χ2v) is 3.67. The van der Waals surface area contributed by atoms with Crippen molar-refractivity contribution in [3.8, 4) is 0 Å². The molecule has 1 aromatic rings. The average Bonchev–Trinajstić information content (AvgIpc) is 2.21. The molecule has 0 unspecified atom stereocenters. The van der Waals surface area contributed by atoms with E-state index in [-0.39, 0.29) is 0 Å². The lowest BCUT2D eigenvalue weighted by Gasteiger charge is -2.07. The summed E-state index contributed by atoms with van der Waals surface area (Å²) in [4.78, 5) is 0. The highest BCUT2D eigenvalue weighted by Crippen LogP contribution is 2.21. The van der Waals surface area contributed by atoms with Gasteiger partial charge in [-0.3, -0.25) is 0 Å². The molecule has 0 aliphatic rings. The second-order valence-electron chi connectivity index (χ2n) is 3.67. The summed E-state index contributed by atoms with van der Waals surface area (Å²) in [5.41, 5.74) is 4.86. The Morgan fingerprint density at radius 1 is 1.27 bits per heavy atom. The summed E-state index contributed by atoms with van der Waals surface area (Å²) in [5, 5.41) is 0. The van der Waals surface area contributed by atoms with Crippen molar-refractivity contribution in [2.75, 3.05) is 0 Å². The predicted molar refractivity (Wildman–Crippen MR) is 68.8 cm³/mol. The van der Waals surface area contributed by atoms with Crippen LogP contribution >= 0.6 is 0 Å². The molecule has 0 heterocycles. The molecule has 0 spiro atoms. The van der Waals surface area contributed by atoms with Crippen molar-refractivity contribution in [3.63, 3.8) is 0 Å². The molecule has 1 rings (SSSR count). The van der Waals surface area contributed by atoms with Crippen LogP contribution in [0.15, 0.2) is 55.1 Å². The van der Waals surface area contributed by atoms with Crippen molar-refractivity contribution in [1.29, 1.82) is 0 Å². The van der Waals surface area contributed by atoms with Gasteiger partial charge in [0.05, 0.1) is 0 Å². The van der Waals surface area contributed by atoms with E-state index >= 15 is 0 Å². The number of rotatable bonds is 4. The maximum Gasteiger partial charge on any atom is -0.0100 e. The summed E-state index contributed by atoms with van der Waals surface area (Å²) >= 11 is 0. The average molecular weight is 198 g/mol. The fourth-order valence-corrected chi connectivity index (χ4v) is 1.65. The molecule has 0 aromatic heterocycles. The van der Waals surface area contributed by atoms with Crippen molar-refractivity contribution in [1.82, 2.24) is 0 Å². The normalized spacial score (nSPS) is 11.2. The summed E-state index contributed by atoms with van der Waals surface area (Å²) in [6, 6.07) is 8.57. The Morgan fingerprint density at radius 3 is 2.27 bits per heavy atom. The van der Waals surface area contributed by atoms with Gasteiger partial charge in [0.1, 0.15) is 0 Å². The molecule has 0 nitrogen and oxygen atoms in total. The molecular weight excluding hydrogens is 180 g/mol. The first-order valence-corrected chi connectivity index (χ1v) is 5.21. The Balaban J connectivity index is 2.97. The van der Waals surface area contributed by atoms with E-state index < -0.39 is 0 Å². The molecule has 0 saturated heterocycles. The fraction of sp³-hybridized carbons (Fsp3) is 0.200. The van der Waals surface area contributed by atoms with Crippen LogP contribution in [-0.4, -0.2) is 0 Å². The first-order valence-electron chi connectivity index (χ1n) is 5.21. The van der Waals surface area contributed by atoms with E-state index in [0.29, 0.717) is 0 Å². The highest BCUT2D eigenvalue weighted by atomic mass is 14.1. The minimum Gasteiger partial charge on any atom is -0.103 e. The van der Waals surface area contributed by atoms with Crippen LogP contribution in [0.2, 0.25) is 0 Å². The Kier molecular flexibility index (Phi) is 4.11. The van der Waals surface area contributed by atoms with Gasteiger partial charge in [0.15, 0.2) is 0 Å². The van der Waals surface area contributed by atoms with Gasteiger partial charge in [0.2, 0.25) is 0 Å². The van der Waals surface area contributed by atoms with Crippen LogP contribution < -0.4 is 0 Å². The number of hydrogen-bond acceptors (Lipinski definition) is 0. The first-order chi connectivity index (χ1) is 7.19. The lowest BCUT2D eigenvalue weighted by Crippen LogP contribution is -1.87. The van der Waals surface area contributed by atoms with Gasteiger partial charge < -0.3 is 0 Å². The maximum absolute atomic E-state index is 3.98. The van der Waals surface area contributed by atoms with Crippen molar-refractivity contribution in [3.05, 3.63) is 66.3 Å². The molecule has 78 valence electrons. The molecule has 0 fully saturated rings. The first kappa shape index (κ1) is 11.5. The van der Waals surface area contributed by atoms with Crippen LogP contribution in [0.25, 0.3) is 5.57 Å². The molecule has 0 saturated carbocycles. The SMILES string of the molecule is C=CCc1ccc(/C(=C/C)C(=C)C)cc1. The zero-order valence-electron chi connectivity index (χ0n) is 9.59. The van der Waals surface area contributed by atoms with Gasteiger partial charge in [-0.15, -0.1) is 6.58 Å². The maximum atomic E-state index is 3.98. The lowest BCUT2D eigenvalue weighted by atomic mass is 9.98. The molecular formula is C15H18. The molecule has 0 radical (unpaired) electrons. The van der Waals surface area contributed by atoms with E-state index in [4.69, 9.17) is 0 Å². The second kappa shape index (κ2) is 5.35. The molecule has 0 atom stereocenters. The predicted octanol–water partition coefficient (Wildman–Crippen LogP) is 4.39. The molecule has 0 aliphatic heterocycles. The van der Waals surface area contributed by atoms with E-state index in [1.165, 1.54) is 16.7 Å². The highest BCUT2D eigenvalue weighted by Gasteiger charge is 2.00. The van der Waals surface area contributed by atoms with Crippen LogP contribution in [0.1, 0.15) is 25.0 Å². The number of hydrogen-bond donors (Lipinski definition) is 0. The van der Waals surface area contributed by atoms with Gasteiger partial charge in [-0.05, 0) is 37.0 Å². The summed E-state index contributed by atoms with van der Waals surface area (Å²) in [5.74, 6) is 0. The third-order valence-corrected chi connectivity index (χ3v) is 2.39. The van der Waals surface area contributed by atoms with Gasteiger partial charge in [0, 0.05) is 0 Å². The van der Waals surface area contributed by atoms with Gasteiger partial charge in [0.25, 0.3) is 0 Å². The Morgan fingerprint density at radius 2 is 1.87 bits per heavy atom. The Bertz CT molecular complexity index is 377. The van der Waals surface area contributed by atoms with Gasteiger partial charge >= 0.3 is 0 Å².